The monoisotopic (exact) mass is 265 g/mol. The SMILES string of the molecule is O=C(O)CC(=O)NC1(CO)OC(O)C[C@@H](O)C1O. The van der Waals surface area contributed by atoms with Gasteiger partial charge in [0.1, 0.15) is 12.5 Å². The Labute approximate surface area is 102 Å². The van der Waals surface area contributed by atoms with Gasteiger partial charge in [-0.1, -0.05) is 0 Å². The predicted molar refractivity (Wildman–Crippen MR) is 53.9 cm³/mol. The number of carboxylic acids is 1. The zero-order valence-corrected chi connectivity index (χ0v) is 9.31. The largest absolute Gasteiger partial charge is 0.481 e. The van der Waals surface area contributed by atoms with Crippen LogP contribution in [0, 0.1) is 0 Å². The van der Waals surface area contributed by atoms with Crippen molar-refractivity contribution in [2.75, 3.05) is 6.61 Å². The Balaban J connectivity index is 2.82. The summed E-state index contributed by atoms with van der Waals surface area (Å²) in [5, 5.41) is 47.9. The lowest BCUT2D eigenvalue weighted by atomic mass is 9.95. The second-order valence-corrected chi connectivity index (χ2v) is 3.99. The van der Waals surface area contributed by atoms with Gasteiger partial charge in [-0.3, -0.25) is 9.59 Å². The van der Waals surface area contributed by atoms with E-state index in [0.29, 0.717) is 0 Å². The number of hydrogen-bond donors (Lipinski definition) is 6. The van der Waals surface area contributed by atoms with Crippen LogP contribution in [0.2, 0.25) is 0 Å². The van der Waals surface area contributed by atoms with E-state index >= 15 is 0 Å². The van der Waals surface area contributed by atoms with Crippen LogP contribution < -0.4 is 5.32 Å². The molecule has 1 aliphatic rings. The molecular formula is C9H15NO8. The van der Waals surface area contributed by atoms with Crippen LogP contribution in [0.25, 0.3) is 0 Å². The van der Waals surface area contributed by atoms with E-state index in [1.807, 2.05) is 5.32 Å². The number of carboxylic acid groups (broad SMARTS) is 1. The molecule has 1 amide bonds. The van der Waals surface area contributed by atoms with Crippen LogP contribution in [0.3, 0.4) is 0 Å². The number of aliphatic hydroxyl groups is 4. The van der Waals surface area contributed by atoms with Gasteiger partial charge in [0.05, 0.1) is 12.7 Å². The van der Waals surface area contributed by atoms with Gasteiger partial charge >= 0.3 is 5.97 Å². The number of rotatable bonds is 4. The summed E-state index contributed by atoms with van der Waals surface area (Å²) in [5.41, 5.74) is -2.12. The maximum Gasteiger partial charge on any atom is 0.312 e. The van der Waals surface area contributed by atoms with Crippen molar-refractivity contribution in [1.82, 2.24) is 5.32 Å². The van der Waals surface area contributed by atoms with Crippen molar-refractivity contribution in [3.05, 3.63) is 0 Å². The van der Waals surface area contributed by atoms with Crippen LogP contribution in [-0.2, 0) is 14.3 Å². The highest BCUT2D eigenvalue weighted by atomic mass is 16.6. The Morgan fingerprint density at radius 1 is 1.33 bits per heavy atom. The Kier molecular flexibility index (Phi) is 4.59. The van der Waals surface area contributed by atoms with Crippen molar-refractivity contribution < 1.29 is 39.9 Å². The second kappa shape index (κ2) is 5.59. The van der Waals surface area contributed by atoms with Crippen LogP contribution in [0.5, 0.6) is 0 Å². The molecule has 0 aliphatic carbocycles. The summed E-state index contributed by atoms with van der Waals surface area (Å²) in [6.07, 6.45) is -5.81. The molecule has 3 unspecified atom stereocenters. The van der Waals surface area contributed by atoms with Gasteiger partial charge in [0.15, 0.2) is 12.0 Å². The van der Waals surface area contributed by atoms with E-state index in [1.165, 1.54) is 0 Å². The van der Waals surface area contributed by atoms with E-state index in [1.54, 1.807) is 0 Å². The third-order valence-corrected chi connectivity index (χ3v) is 2.53. The Morgan fingerprint density at radius 2 is 1.94 bits per heavy atom. The van der Waals surface area contributed by atoms with Gasteiger partial charge < -0.3 is 35.6 Å². The van der Waals surface area contributed by atoms with Gasteiger partial charge in [0.2, 0.25) is 5.91 Å². The van der Waals surface area contributed by atoms with E-state index < -0.39 is 49.1 Å². The maximum absolute atomic E-state index is 11.3. The van der Waals surface area contributed by atoms with E-state index in [2.05, 4.69) is 0 Å². The minimum absolute atomic E-state index is 0.294. The first-order valence-corrected chi connectivity index (χ1v) is 5.16. The summed E-state index contributed by atoms with van der Waals surface area (Å²) < 4.78 is 4.83. The second-order valence-electron chi connectivity index (χ2n) is 3.99. The van der Waals surface area contributed by atoms with Crippen molar-refractivity contribution in [2.24, 2.45) is 0 Å². The molecule has 6 N–H and O–H groups in total. The first-order chi connectivity index (χ1) is 8.30. The summed E-state index contributed by atoms with van der Waals surface area (Å²) in [5.74, 6) is -2.44. The maximum atomic E-state index is 11.3. The van der Waals surface area contributed by atoms with Crippen molar-refractivity contribution >= 4 is 11.9 Å². The van der Waals surface area contributed by atoms with Crippen LogP contribution in [-0.4, -0.2) is 68.2 Å². The molecule has 0 saturated carbocycles. The predicted octanol–water partition coefficient (Wildman–Crippen LogP) is -3.27. The third-order valence-electron chi connectivity index (χ3n) is 2.53. The summed E-state index contributed by atoms with van der Waals surface area (Å²) >= 11 is 0. The minimum atomic E-state index is -2.12. The van der Waals surface area contributed by atoms with Gasteiger partial charge in [-0.15, -0.1) is 0 Å². The summed E-state index contributed by atoms with van der Waals surface area (Å²) in [7, 11) is 0. The average molecular weight is 265 g/mol. The van der Waals surface area contributed by atoms with Crippen molar-refractivity contribution in [1.29, 1.82) is 0 Å². The lowest BCUT2D eigenvalue weighted by molar-refractivity contribution is -0.298. The average Bonchev–Trinajstić information content (AvgIpc) is 2.23. The lowest BCUT2D eigenvalue weighted by Crippen LogP contribution is -2.68. The molecule has 1 aliphatic heterocycles. The van der Waals surface area contributed by atoms with Crippen molar-refractivity contribution in [3.63, 3.8) is 0 Å². The third kappa shape index (κ3) is 3.15. The first kappa shape index (κ1) is 14.8. The summed E-state index contributed by atoms with van der Waals surface area (Å²) in [4.78, 5) is 21.6. The van der Waals surface area contributed by atoms with Crippen LogP contribution in [0.1, 0.15) is 12.8 Å². The molecule has 1 saturated heterocycles. The number of aliphatic carboxylic acids is 1. The molecule has 104 valence electrons. The topological polar surface area (TPSA) is 157 Å². The highest BCUT2D eigenvalue weighted by Gasteiger charge is 2.49. The first-order valence-electron chi connectivity index (χ1n) is 5.16. The van der Waals surface area contributed by atoms with Gasteiger partial charge in [0, 0.05) is 6.42 Å². The number of hydrogen-bond acceptors (Lipinski definition) is 7. The van der Waals surface area contributed by atoms with E-state index in [0.717, 1.165) is 0 Å². The molecule has 1 heterocycles. The fraction of sp³-hybridized carbons (Fsp3) is 0.778. The zero-order chi connectivity index (χ0) is 13.9. The highest BCUT2D eigenvalue weighted by molar-refractivity contribution is 5.93. The van der Waals surface area contributed by atoms with Crippen LogP contribution in [0.4, 0.5) is 0 Å². The molecule has 0 spiro atoms. The number of carbonyl (C=O) groups is 2. The number of amides is 1. The molecule has 4 atom stereocenters. The Bertz CT molecular complexity index is 335. The molecule has 0 aromatic rings. The van der Waals surface area contributed by atoms with Crippen LogP contribution >= 0.6 is 0 Å². The van der Waals surface area contributed by atoms with Crippen molar-refractivity contribution in [2.45, 2.75) is 37.1 Å². The Morgan fingerprint density at radius 3 is 2.44 bits per heavy atom. The standard InChI is InChI=1S/C9H15NO8/c11-3-9(10-5(13)2-6(14)15)8(17)4(12)1-7(16)18-9/h4,7-8,11-12,16-17H,1-3H2,(H,10,13)(H,14,15)/t4-,7?,8?,9?/m1/s1. The van der Waals surface area contributed by atoms with Gasteiger partial charge in [-0.25, -0.2) is 0 Å². The van der Waals surface area contributed by atoms with Gasteiger partial charge in [-0.05, 0) is 0 Å². The van der Waals surface area contributed by atoms with Gasteiger partial charge in [-0.2, -0.15) is 0 Å². The molecular weight excluding hydrogens is 250 g/mol. The zero-order valence-electron chi connectivity index (χ0n) is 9.31. The smallest absolute Gasteiger partial charge is 0.312 e. The molecule has 9 heteroatoms. The van der Waals surface area contributed by atoms with E-state index in [4.69, 9.17) is 14.9 Å². The molecule has 0 bridgehead atoms. The number of aliphatic hydroxyl groups excluding tert-OH is 4. The molecule has 0 radical (unpaired) electrons. The summed E-state index contributed by atoms with van der Waals surface area (Å²) in [6, 6.07) is 0. The van der Waals surface area contributed by atoms with E-state index in [-0.39, 0.29) is 6.42 Å². The quantitative estimate of drug-likeness (QED) is 0.289. The molecule has 0 aromatic heterocycles. The lowest BCUT2D eigenvalue weighted by Gasteiger charge is -2.44. The normalized spacial score (nSPS) is 36.1. The van der Waals surface area contributed by atoms with E-state index in [9.17, 15) is 24.9 Å². The fourth-order valence-electron chi connectivity index (χ4n) is 1.70. The highest BCUT2D eigenvalue weighted by Crippen LogP contribution is 2.26. The number of carbonyl (C=O) groups excluding carboxylic acids is 1. The molecule has 1 fully saturated rings. The minimum Gasteiger partial charge on any atom is -0.481 e. The fourth-order valence-corrected chi connectivity index (χ4v) is 1.70. The molecule has 0 aromatic carbocycles. The number of ether oxygens (including phenoxy) is 1. The molecule has 9 nitrogen and oxygen atoms in total. The molecule has 1 rings (SSSR count). The van der Waals surface area contributed by atoms with Crippen LogP contribution in [0.15, 0.2) is 0 Å². The number of nitrogens with one attached hydrogen (secondary N) is 1. The van der Waals surface area contributed by atoms with Crippen molar-refractivity contribution in [3.8, 4) is 0 Å². The Hall–Kier alpha value is -1.26. The van der Waals surface area contributed by atoms with Gasteiger partial charge in [0.25, 0.3) is 0 Å². The molecule has 18 heavy (non-hydrogen) atoms. The summed E-state index contributed by atoms with van der Waals surface area (Å²) in [6.45, 7) is -0.937.